The van der Waals surface area contributed by atoms with Gasteiger partial charge in [-0.3, -0.25) is 0 Å². The van der Waals surface area contributed by atoms with Crippen molar-refractivity contribution in [3.8, 4) is 0 Å². The van der Waals surface area contributed by atoms with E-state index in [0.717, 1.165) is 38.7 Å². The molecule has 2 N–H and O–H groups in total. The van der Waals surface area contributed by atoms with Crippen LogP contribution < -0.4 is 5.32 Å². The maximum atomic E-state index is 12.0. The predicted molar refractivity (Wildman–Crippen MR) is 68.4 cm³/mol. The van der Waals surface area contributed by atoms with E-state index in [1.54, 1.807) is 11.9 Å². The maximum Gasteiger partial charge on any atom is 0.317 e. The average molecular weight is 256 g/mol. The Morgan fingerprint density at radius 3 is 2.83 bits per heavy atom. The van der Waals surface area contributed by atoms with Crippen LogP contribution in [-0.2, 0) is 4.74 Å². The summed E-state index contributed by atoms with van der Waals surface area (Å²) in [5, 5.41) is 12.9. The van der Waals surface area contributed by atoms with E-state index in [4.69, 9.17) is 4.74 Å². The Bertz CT molecular complexity index is 279. The number of hydrogen-bond donors (Lipinski definition) is 2. The molecule has 0 spiro atoms. The molecule has 2 amide bonds. The van der Waals surface area contributed by atoms with Crippen LogP contribution in [0.3, 0.4) is 0 Å². The van der Waals surface area contributed by atoms with Gasteiger partial charge in [-0.15, -0.1) is 0 Å². The fraction of sp³-hybridized carbons (Fsp3) is 0.923. The summed E-state index contributed by atoms with van der Waals surface area (Å²) in [4.78, 5) is 13.6. The second-order valence-corrected chi connectivity index (χ2v) is 5.50. The van der Waals surface area contributed by atoms with Gasteiger partial charge in [0.2, 0.25) is 0 Å². The van der Waals surface area contributed by atoms with Crippen molar-refractivity contribution < 1.29 is 14.6 Å². The number of carbonyl (C=O) groups is 1. The van der Waals surface area contributed by atoms with Gasteiger partial charge >= 0.3 is 6.03 Å². The number of ether oxygens (including phenoxy) is 1. The van der Waals surface area contributed by atoms with Crippen molar-refractivity contribution in [1.29, 1.82) is 0 Å². The van der Waals surface area contributed by atoms with E-state index in [1.807, 2.05) is 0 Å². The van der Waals surface area contributed by atoms with Crippen LogP contribution >= 0.6 is 0 Å². The van der Waals surface area contributed by atoms with Crippen LogP contribution in [0.1, 0.15) is 32.1 Å². The Balaban J connectivity index is 1.75. The van der Waals surface area contributed by atoms with E-state index in [1.165, 1.54) is 0 Å². The largest absolute Gasteiger partial charge is 0.393 e. The van der Waals surface area contributed by atoms with Gasteiger partial charge in [-0.05, 0) is 19.3 Å². The van der Waals surface area contributed by atoms with Crippen LogP contribution in [0.4, 0.5) is 4.79 Å². The lowest BCUT2D eigenvalue weighted by molar-refractivity contribution is 0.0562. The van der Waals surface area contributed by atoms with Gasteiger partial charge in [0.05, 0.1) is 18.8 Å². The van der Waals surface area contributed by atoms with Gasteiger partial charge in [0.25, 0.3) is 0 Å². The van der Waals surface area contributed by atoms with E-state index in [0.29, 0.717) is 13.2 Å². The van der Waals surface area contributed by atoms with Crippen molar-refractivity contribution in [1.82, 2.24) is 10.2 Å². The molecule has 5 heteroatoms. The zero-order valence-corrected chi connectivity index (χ0v) is 11.1. The SMILES string of the molecule is CN(CC1CCCCC1O)C(=O)NC1CCOC1. The summed E-state index contributed by atoms with van der Waals surface area (Å²) in [6.07, 6.45) is 4.80. The van der Waals surface area contributed by atoms with Gasteiger partial charge < -0.3 is 20.1 Å². The third-order valence-electron chi connectivity index (χ3n) is 3.98. The van der Waals surface area contributed by atoms with Gasteiger partial charge in [-0.25, -0.2) is 4.79 Å². The van der Waals surface area contributed by atoms with Gasteiger partial charge in [0, 0.05) is 26.1 Å². The molecule has 1 aliphatic heterocycles. The zero-order chi connectivity index (χ0) is 13.0. The van der Waals surface area contributed by atoms with Crippen molar-refractivity contribution in [3.05, 3.63) is 0 Å². The molecule has 3 atom stereocenters. The van der Waals surface area contributed by atoms with Crippen LogP contribution in [0, 0.1) is 5.92 Å². The summed E-state index contributed by atoms with van der Waals surface area (Å²) in [5.41, 5.74) is 0. The van der Waals surface area contributed by atoms with Crippen LogP contribution in [0.15, 0.2) is 0 Å². The topological polar surface area (TPSA) is 61.8 Å². The van der Waals surface area contributed by atoms with E-state index < -0.39 is 0 Å². The normalized spacial score (nSPS) is 32.2. The molecule has 0 aromatic carbocycles. The van der Waals surface area contributed by atoms with Crippen LogP contribution in [-0.4, -0.2) is 55.0 Å². The standard InChI is InChI=1S/C13H24N2O3/c1-15(8-10-4-2-3-5-12(10)16)13(17)14-11-6-7-18-9-11/h10-12,16H,2-9H2,1H3,(H,14,17). The molecule has 0 bridgehead atoms. The zero-order valence-electron chi connectivity index (χ0n) is 11.1. The van der Waals surface area contributed by atoms with Crippen molar-refractivity contribution >= 4 is 6.03 Å². The van der Waals surface area contributed by atoms with Gasteiger partial charge in [0.15, 0.2) is 0 Å². The average Bonchev–Trinajstić information content (AvgIpc) is 2.84. The number of hydrogen-bond acceptors (Lipinski definition) is 3. The minimum absolute atomic E-state index is 0.0525. The Kier molecular flexibility index (Phi) is 4.83. The highest BCUT2D eigenvalue weighted by atomic mass is 16.5. The second kappa shape index (κ2) is 6.38. The maximum absolute atomic E-state index is 12.0. The van der Waals surface area contributed by atoms with Crippen LogP contribution in [0.2, 0.25) is 0 Å². The first-order valence-electron chi connectivity index (χ1n) is 6.94. The van der Waals surface area contributed by atoms with Gasteiger partial charge in [-0.1, -0.05) is 12.8 Å². The monoisotopic (exact) mass is 256 g/mol. The molecule has 0 radical (unpaired) electrons. The quantitative estimate of drug-likeness (QED) is 0.791. The third-order valence-corrected chi connectivity index (χ3v) is 3.98. The molecule has 2 rings (SSSR count). The highest BCUT2D eigenvalue weighted by Gasteiger charge is 2.26. The van der Waals surface area contributed by atoms with Crippen LogP contribution in [0.5, 0.6) is 0 Å². The summed E-state index contributed by atoms with van der Waals surface area (Å²) in [5.74, 6) is 0.231. The Morgan fingerprint density at radius 2 is 2.17 bits per heavy atom. The molecule has 1 aliphatic carbocycles. The minimum atomic E-state index is -0.246. The summed E-state index contributed by atoms with van der Waals surface area (Å²) < 4.78 is 5.23. The van der Waals surface area contributed by atoms with E-state index >= 15 is 0 Å². The predicted octanol–water partition coefficient (Wildman–Crippen LogP) is 0.968. The van der Waals surface area contributed by atoms with E-state index in [9.17, 15) is 9.90 Å². The summed E-state index contributed by atoms with van der Waals surface area (Å²) in [6.45, 7) is 1.99. The smallest absolute Gasteiger partial charge is 0.317 e. The molecule has 1 saturated heterocycles. The van der Waals surface area contributed by atoms with Gasteiger partial charge in [0.1, 0.15) is 0 Å². The fourth-order valence-corrected chi connectivity index (χ4v) is 2.77. The highest BCUT2D eigenvalue weighted by Crippen LogP contribution is 2.24. The molecule has 2 fully saturated rings. The number of rotatable bonds is 3. The second-order valence-electron chi connectivity index (χ2n) is 5.50. The number of nitrogens with zero attached hydrogens (tertiary/aromatic N) is 1. The number of urea groups is 1. The number of aliphatic hydroxyl groups excluding tert-OH is 1. The fourth-order valence-electron chi connectivity index (χ4n) is 2.77. The molecule has 1 heterocycles. The first-order chi connectivity index (χ1) is 8.66. The van der Waals surface area contributed by atoms with E-state index in [2.05, 4.69) is 5.32 Å². The molecule has 2 aliphatic rings. The first kappa shape index (κ1) is 13.6. The molecular formula is C13H24N2O3. The highest BCUT2D eigenvalue weighted by molar-refractivity contribution is 5.74. The molecule has 0 aromatic rings. The number of carbonyl (C=O) groups excluding carboxylic acids is 1. The lowest BCUT2D eigenvalue weighted by Gasteiger charge is -2.31. The van der Waals surface area contributed by atoms with Crippen LogP contribution in [0.25, 0.3) is 0 Å². The molecule has 104 valence electrons. The molecule has 0 aromatic heterocycles. The van der Waals surface area contributed by atoms with E-state index in [-0.39, 0.29) is 24.1 Å². The first-order valence-corrected chi connectivity index (χ1v) is 6.94. The number of nitrogens with one attached hydrogen (secondary N) is 1. The molecule has 1 saturated carbocycles. The Labute approximate surface area is 108 Å². The summed E-state index contributed by atoms with van der Waals surface area (Å²) in [7, 11) is 1.80. The molecule has 18 heavy (non-hydrogen) atoms. The molecule has 3 unspecified atom stereocenters. The number of aliphatic hydroxyl groups is 1. The van der Waals surface area contributed by atoms with Crippen molar-refractivity contribution in [2.75, 3.05) is 26.8 Å². The Hall–Kier alpha value is -0.810. The number of amides is 2. The third kappa shape index (κ3) is 3.59. The summed E-state index contributed by atoms with van der Waals surface area (Å²) >= 11 is 0. The molecular weight excluding hydrogens is 232 g/mol. The van der Waals surface area contributed by atoms with Crippen molar-refractivity contribution in [2.24, 2.45) is 5.92 Å². The summed E-state index contributed by atoms with van der Waals surface area (Å²) in [6, 6.07) is 0.0968. The van der Waals surface area contributed by atoms with Crippen molar-refractivity contribution in [2.45, 2.75) is 44.2 Å². The lowest BCUT2D eigenvalue weighted by atomic mass is 9.86. The lowest BCUT2D eigenvalue weighted by Crippen LogP contribution is -2.46. The molecule has 5 nitrogen and oxygen atoms in total. The van der Waals surface area contributed by atoms with Crippen molar-refractivity contribution in [3.63, 3.8) is 0 Å². The Morgan fingerprint density at radius 1 is 1.39 bits per heavy atom. The minimum Gasteiger partial charge on any atom is -0.393 e. The van der Waals surface area contributed by atoms with Gasteiger partial charge in [-0.2, -0.15) is 0 Å².